The summed E-state index contributed by atoms with van der Waals surface area (Å²) in [5, 5.41) is -1.59. The fraction of sp³-hybridized carbons (Fsp3) is 0.391. The maximum atomic E-state index is 13.6. The molecule has 1 aromatic heterocycles. The van der Waals surface area contributed by atoms with Crippen molar-refractivity contribution in [1.29, 1.82) is 0 Å². The summed E-state index contributed by atoms with van der Waals surface area (Å²) in [6, 6.07) is 8.28. The summed E-state index contributed by atoms with van der Waals surface area (Å²) in [6.07, 6.45) is -0.210. The minimum atomic E-state index is -1.89. The quantitative estimate of drug-likeness (QED) is 0.220. The third-order valence-electron chi connectivity index (χ3n) is 6.31. The molecule has 0 saturated carbocycles. The first-order valence-electron chi connectivity index (χ1n) is 10.8. The van der Waals surface area contributed by atoms with Gasteiger partial charge >= 0.3 is 5.97 Å². The number of esters is 1. The van der Waals surface area contributed by atoms with Gasteiger partial charge in [-0.3, -0.25) is 24.0 Å². The van der Waals surface area contributed by atoms with E-state index < -0.39 is 45.5 Å². The van der Waals surface area contributed by atoms with Gasteiger partial charge in [0.25, 0.3) is 0 Å². The molecule has 1 amide bonds. The third kappa shape index (κ3) is 4.26. The number of rotatable bonds is 8. The minimum Gasteiger partial charge on any atom is -0.468 e. The molecule has 0 spiro atoms. The van der Waals surface area contributed by atoms with Crippen molar-refractivity contribution in [3.8, 4) is 0 Å². The van der Waals surface area contributed by atoms with Gasteiger partial charge in [0.2, 0.25) is 5.91 Å². The molecule has 10 nitrogen and oxygen atoms in total. The summed E-state index contributed by atoms with van der Waals surface area (Å²) in [7, 11) is 1.12. The topological polar surface area (TPSA) is 163 Å². The minimum absolute atomic E-state index is 0.107. The molecule has 2 aromatic rings. The molecule has 0 radical (unpaired) electrons. The van der Waals surface area contributed by atoms with Crippen LogP contribution in [0.3, 0.4) is 0 Å². The van der Waals surface area contributed by atoms with Crippen LogP contribution in [0.5, 0.6) is 0 Å². The van der Waals surface area contributed by atoms with Crippen LogP contribution in [0.2, 0.25) is 0 Å². The van der Waals surface area contributed by atoms with Crippen molar-refractivity contribution < 1.29 is 28.7 Å². The number of thiazole rings is 1. The average molecular weight is 517 g/mol. The van der Waals surface area contributed by atoms with E-state index >= 15 is 0 Å². The molecule has 3 heterocycles. The monoisotopic (exact) mass is 516 g/mol. The normalized spacial score (nSPS) is 25.4. The van der Waals surface area contributed by atoms with Crippen molar-refractivity contribution >= 4 is 57.5 Å². The summed E-state index contributed by atoms with van der Waals surface area (Å²) >= 11 is 1.98. The molecule has 4 N–H and O–H groups in total. The molecule has 35 heavy (non-hydrogen) atoms. The zero-order valence-corrected chi connectivity index (χ0v) is 20.7. The highest BCUT2D eigenvalue weighted by Crippen LogP contribution is 2.48. The lowest BCUT2D eigenvalue weighted by molar-refractivity contribution is -0.166. The van der Waals surface area contributed by atoms with Crippen LogP contribution in [0, 0.1) is 5.41 Å². The van der Waals surface area contributed by atoms with Gasteiger partial charge in [-0.15, -0.1) is 11.8 Å². The Morgan fingerprint density at radius 3 is 2.51 bits per heavy atom. The lowest BCUT2D eigenvalue weighted by Gasteiger charge is -2.54. The molecule has 2 fully saturated rings. The van der Waals surface area contributed by atoms with Crippen molar-refractivity contribution in [3.63, 3.8) is 0 Å². The number of carbonyl (C=O) groups excluding carboxylic acids is 5. The van der Waals surface area contributed by atoms with Crippen LogP contribution in [-0.4, -0.2) is 69.4 Å². The Hall–Kier alpha value is -3.09. The van der Waals surface area contributed by atoms with E-state index in [1.54, 1.807) is 0 Å². The van der Waals surface area contributed by atoms with E-state index in [-0.39, 0.29) is 40.9 Å². The molecule has 3 unspecified atom stereocenters. The number of nitrogens with two attached hydrogens (primary N) is 2. The first kappa shape index (κ1) is 25.0. The Labute approximate surface area is 209 Å². The van der Waals surface area contributed by atoms with Gasteiger partial charge in [0, 0.05) is 13.0 Å². The number of ether oxygens (including phenoxy) is 1. The van der Waals surface area contributed by atoms with Crippen LogP contribution in [0.25, 0.3) is 0 Å². The number of fused-ring (bicyclic) bond motifs is 1. The van der Waals surface area contributed by atoms with E-state index in [4.69, 9.17) is 16.2 Å². The zero-order valence-electron chi connectivity index (χ0n) is 19.1. The number of Topliss-reactive ketones (excluding diaryl/α,β-unsaturated/α-hetero) is 3. The number of nitrogens with zero attached hydrogens (tertiary/aromatic N) is 2. The predicted octanol–water partition coefficient (Wildman–Crippen LogP) is 0.622. The number of hydrogen-bond acceptors (Lipinski definition) is 11. The lowest BCUT2D eigenvalue weighted by Crippen LogP contribution is -2.75. The highest BCUT2D eigenvalue weighted by atomic mass is 32.2. The molecular weight excluding hydrogens is 492 g/mol. The van der Waals surface area contributed by atoms with E-state index in [2.05, 4.69) is 4.98 Å². The molecule has 12 heteroatoms. The summed E-state index contributed by atoms with van der Waals surface area (Å²) in [5.41, 5.74) is 10.9. The van der Waals surface area contributed by atoms with E-state index in [0.29, 0.717) is 0 Å². The van der Waals surface area contributed by atoms with Crippen molar-refractivity contribution in [1.82, 2.24) is 9.88 Å². The van der Waals surface area contributed by atoms with Gasteiger partial charge in [-0.05, 0) is 12.5 Å². The second-order valence-corrected chi connectivity index (χ2v) is 10.7. The van der Waals surface area contributed by atoms with Crippen molar-refractivity contribution in [3.05, 3.63) is 46.5 Å². The van der Waals surface area contributed by atoms with Crippen molar-refractivity contribution in [2.45, 2.75) is 36.4 Å². The number of benzene rings is 1. The molecule has 1 aromatic carbocycles. The fourth-order valence-corrected chi connectivity index (χ4v) is 6.94. The third-order valence-corrected chi connectivity index (χ3v) is 9.04. The van der Waals surface area contributed by atoms with Gasteiger partial charge in [0.15, 0.2) is 27.9 Å². The maximum Gasteiger partial charge on any atom is 0.322 e. The number of thioether (sulfide) groups is 1. The molecule has 4 atom stereocenters. The zero-order chi connectivity index (χ0) is 25.5. The molecule has 0 aliphatic carbocycles. The van der Waals surface area contributed by atoms with Gasteiger partial charge in [0.05, 0.1) is 29.4 Å². The van der Waals surface area contributed by atoms with E-state index in [9.17, 15) is 24.0 Å². The smallest absolute Gasteiger partial charge is 0.322 e. The molecule has 0 bridgehead atoms. The van der Waals surface area contributed by atoms with Crippen LogP contribution in [0.15, 0.2) is 30.3 Å². The lowest BCUT2D eigenvalue weighted by atomic mass is 9.76. The van der Waals surface area contributed by atoms with Crippen LogP contribution in [0.1, 0.15) is 27.9 Å². The van der Waals surface area contributed by atoms with Crippen LogP contribution >= 0.6 is 23.1 Å². The van der Waals surface area contributed by atoms with E-state index in [1.165, 1.54) is 11.8 Å². The molecule has 2 aliphatic rings. The number of aromatic nitrogens is 1. The van der Waals surface area contributed by atoms with E-state index in [0.717, 1.165) is 35.8 Å². The van der Waals surface area contributed by atoms with Crippen molar-refractivity contribution in [2.24, 2.45) is 11.1 Å². The maximum absolute atomic E-state index is 13.6. The number of anilines is 1. The second kappa shape index (κ2) is 9.51. The average Bonchev–Trinajstić information content (AvgIpc) is 3.22. The summed E-state index contributed by atoms with van der Waals surface area (Å²) in [6.45, 7) is 0.895. The number of carbonyl (C=O) groups is 5. The Morgan fingerprint density at radius 2 is 1.89 bits per heavy atom. The SMILES string of the molecule is COC(=O)C1(C(C)=O)CN2C(=O)C(N)[C@H]2SC1C(=O)Cc1nc(N)sc1C(=O)Cc1ccccc1. The Bertz CT molecular complexity index is 1220. The van der Waals surface area contributed by atoms with Gasteiger partial charge < -0.3 is 21.1 Å². The van der Waals surface area contributed by atoms with E-state index in [1.807, 2.05) is 30.3 Å². The predicted molar refractivity (Wildman–Crippen MR) is 130 cm³/mol. The van der Waals surface area contributed by atoms with Gasteiger partial charge in [0.1, 0.15) is 11.4 Å². The fourth-order valence-electron chi connectivity index (χ4n) is 4.45. The number of ketones is 3. The van der Waals surface area contributed by atoms with Crippen LogP contribution in [0.4, 0.5) is 5.13 Å². The summed E-state index contributed by atoms with van der Waals surface area (Å²) in [4.78, 5) is 70.3. The number of hydrogen-bond donors (Lipinski definition) is 2. The molecule has 4 rings (SSSR count). The largest absolute Gasteiger partial charge is 0.468 e. The van der Waals surface area contributed by atoms with Gasteiger partial charge in [-0.1, -0.05) is 41.7 Å². The standard InChI is InChI=1S/C23H24N4O6S2/c1-11(28)23(21(32)33-2)10-27-19(31)16(24)20(27)35-18(23)15(30)9-13-17(34-22(25)26-13)14(29)8-12-6-4-3-5-7-12/h3-7,16,18,20H,8-10,24H2,1-2H3,(H2,25,26)/t16?,18?,20-,23?/m1/s1. The number of β-lactam (4-membered cyclic amide) rings is 1. The first-order chi connectivity index (χ1) is 16.6. The Balaban J connectivity index is 1.64. The Morgan fingerprint density at radius 1 is 1.20 bits per heavy atom. The summed E-state index contributed by atoms with van der Waals surface area (Å²) < 4.78 is 4.90. The molecule has 184 valence electrons. The highest BCUT2D eigenvalue weighted by molar-refractivity contribution is 8.01. The number of amides is 1. The second-order valence-electron chi connectivity index (χ2n) is 8.47. The summed E-state index contributed by atoms with van der Waals surface area (Å²) in [5.74, 6) is -2.64. The van der Waals surface area contributed by atoms with Gasteiger partial charge in [-0.2, -0.15) is 0 Å². The first-order valence-corrected chi connectivity index (χ1v) is 12.5. The number of methoxy groups -OCH3 is 1. The van der Waals surface area contributed by atoms with Crippen LogP contribution in [-0.2, 0) is 36.8 Å². The van der Waals surface area contributed by atoms with Crippen LogP contribution < -0.4 is 11.5 Å². The van der Waals surface area contributed by atoms with Crippen molar-refractivity contribution in [2.75, 3.05) is 19.4 Å². The molecule has 2 saturated heterocycles. The highest BCUT2D eigenvalue weighted by Gasteiger charge is 2.64. The molecule has 2 aliphatic heterocycles. The Kier molecular flexibility index (Phi) is 6.80. The number of nitrogen functional groups attached to an aromatic ring is 1. The molecular formula is C23H24N4O6S2. The van der Waals surface area contributed by atoms with Gasteiger partial charge in [-0.25, -0.2) is 4.98 Å².